The number of hydrogen-bond acceptors (Lipinski definition) is 2. The molecule has 0 aliphatic heterocycles. The van der Waals surface area contributed by atoms with Gasteiger partial charge in [0.2, 0.25) is 5.91 Å². The standard InChI is InChI=1S/C24H33N3O2/c1-4-9-23(28)26-20-11-8-10-19(15-20)16-25-24(29)22-14-17(2)27(18(22)3)21-12-6-5-7-13-21/h8,10-11,14-15,21H,4-7,9,12-13,16H2,1-3H3,(H,25,29)(H,26,28). The van der Waals surface area contributed by atoms with E-state index in [4.69, 9.17) is 0 Å². The third-order valence-electron chi connectivity index (χ3n) is 5.81. The van der Waals surface area contributed by atoms with E-state index in [1.165, 1.54) is 37.8 Å². The van der Waals surface area contributed by atoms with Crippen LogP contribution in [0.15, 0.2) is 30.3 Å². The van der Waals surface area contributed by atoms with E-state index in [0.717, 1.165) is 28.9 Å². The molecule has 1 aliphatic rings. The predicted molar refractivity (Wildman–Crippen MR) is 117 cm³/mol. The average Bonchev–Trinajstić information content (AvgIpc) is 3.01. The molecule has 1 aliphatic carbocycles. The third-order valence-corrected chi connectivity index (χ3v) is 5.81. The number of hydrogen-bond donors (Lipinski definition) is 2. The van der Waals surface area contributed by atoms with E-state index in [0.29, 0.717) is 19.0 Å². The monoisotopic (exact) mass is 395 g/mol. The molecule has 2 amide bonds. The highest BCUT2D eigenvalue weighted by atomic mass is 16.2. The fraction of sp³-hybridized carbons (Fsp3) is 0.500. The zero-order valence-corrected chi connectivity index (χ0v) is 17.9. The van der Waals surface area contributed by atoms with Crippen molar-refractivity contribution in [3.63, 3.8) is 0 Å². The lowest BCUT2D eigenvalue weighted by atomic mass is 9.95. The minimum atomic E-state index is -0.0411. The van der Waals surface area contributed by atoms with Crippen LogP contribution in [0, 0.1) is 13.8 Å². The maximum Gasteiger partial charge on any atom is 0.253 e. The molecule has 0 bridgehead atoms. The first-order valence-electron chi connectivity index (χ1n) is 10.8. The lowest BCUT2D eigenvalue weighted by Crippen LogP contribution is -2.24. The predicted octanol–water partition coefficient (Wildman–Crippen LogP) is 5.28. The molecule has 1 saturated carbocycles. The van der Waals surface area contributed by atoms with Crippen LogP contribution in [-0.4, -0.2) is 16.4 Å². The molecule has 0 atom stereocenters. The van der Waals surface area contributed by atoms with Crippen LogP contribution in [0.3, 0.4) is 0 Å². The lowest BCUT2D eigenvalue weighted by molar-refractivity contribution is -0.116. The summed E-state index contributed by atoms with van der Waals surface area (Å²) in [5.74, 6) is -0.0237. The van der Waals surface area contributed by atoms with Crippen molar-refractivity contribution >= 4 is 17.5 Å². The van der Waals surface area contributed by atoms with E-state index in [-0.39, 0.29) is 11.8 Å². The molecule has 29 heavy (non-hydrogen) atoms. The molecule has 0 saturated heterocycles. The van der Waals surface area contributed by atoms with Gasteiger partial charge in [-0.05, 0) is 56.9 Å². The molecule has 0 spiro atoms. The van der Waals surface area contributed by atoms with Crippen molar-refractivity contribution in [1.82, 2.24) is 9.88 Å². The van der Waals surface area contributed by atoms with Gasteiger partial charge in [0.1, 0.15) is 0 Å². The smallest absolute Gasteiger partial charge is 0.253 e. The van der Waals surface area contributed by atoms with E-state index in [9.17, 15) is 9.59 Å². The molecule has 5 heteroatoms. The van der Waals surface area contributed by atoms with Crippen LogP contribution >= 0.6 is 0 Å². The van der Waals surface area contributed by atoms with Gasteiger partial charge in [0.15, 0.2) is 0 Å². The SMILES string of the molecule is CCCC(=O)Nc1cccc(CNC(=O)c2cc(C)n(C3CCCCC3)c2C)c1. The zero-order chi connectivity index (χ0) is 20.8. The van der Waals surface area contributed by atoms with Gasteiger partial charge in [0.25, 0.3) is 5.91 Å². The van der Waals surface area contributed by atoms with Gasteiger partial charge in [0, 0.05) is 36.1 Å². The second kappa shape index (κ2) is 9.77. The Morgan fingerprint density at radius 2 is 1.86 bits per heavy atom. The molecule has 2 aromatic rings. The lowest BCUT2D eigenvalue weighted by Gasteiger charge is -2.26. The Balaban J connectivity index is 1.65. The molecule has 1 aromatic heterocycles. The Bertz CT molecular complexity index is 863. The summed E-state index contributed by atoms with van der Waals surface area (Å²) < 4.78 is 2.36. The second-order valence-corrected chi connectivity index (χ2v) is 8.13. The van der Waals surface area contributed by atoms with Gasteiger partial charge >= 0.3 is 0 Å². The number of aromatic nitrogens is 1. The van der Waals surface area contributed by atoms with Crippen molar-refractivity contribution in [2.45, 2.75) is 78.3 Å². The summed E-state index contributed by atoms with van der Waals surface area (Å²) in [5.41, 5.74) is 4.73. The molecule has 3 rings (SSSR count). The van der Waals surface area contributed by atoms with Crippen LogP contribution in [0.25, 0.3) is 0 Å². The highest BCUT2D eigenvalue weighted by molar-refractivity contribution is 5.95. The van der Waals surface area contributed by atoms with Gasteiger partial charge in [-0.3, -0.25) is 9.59 Å². The second-order valence-electron chi connectivity index (χ2n) is 8.13. The number of carbonyl (C=O) groups is 2. The quantitative estimate of drug-likeness (QED) is 0.670. The van der Waals surface area contributed by atoms with Gasteiger partial charge in [0.05, 0.1) is 5.56 Å². The van der Waals surface area contributed by atoms with Crippen LogP contribution < -0.4 is 10.6 Å². The summed E-state index contributed by atoms with van der Waals surface area (Å²) >= 11 is 0. The Morgan fingerprint density at radius 3 is 2.59 bits per heavy atom. The Labute approximate surface area is 173 Å². The minimum absolute atomic E-state index is 0.0174. The normalized spacial score (nSPS) is 14.6. The third kappa shape index (κ3) is 5.28. The van der Waals surface area contributed by atoms with E-state index in [1.807, 2.05) is 37.3 Å². The molecule has 156 valence electrons. The molecule has 2 N–H and O–H groups in total. The molecule has 1 fully saturated rings. The topological polar surface area (TPSA) is 63.1 Å². The van der Waals surface area contributed by atoms with E-state index in [2.05, 4.69) is 29.0 Å². The molecular weight excluding hydrogens is 362 g/mol. The molecule has 1 heterocycles. The van der Waals surface area contributed by atoms with Crippen molar-refractivity contribution < 1.29 is 9.59 Å². The first-order chi connectivity index (χ1) is 14.0. The first-order valence-corrected chi connectivity index (χ1v) is 10.8. The van der Waals surface area contributed by atoms with Crippen molar-refractivity contribution in [1.29, 1.82) is 0 Å². The number of aryl methyl sites for hydroxylation is 1. The average molecular weight is 396 g/mol. The molecule has 0 radical (unpaired) electrons. The Kier molecular flexibility index (Phi) is 7.13. The number of nitrogens with zero attached hydrogens (tertiary/aromatic N) is 1. The van der Waals surface area contributed by atoms with Crippen molar-refractivity contribution in [3.05, 3.63) is 52.8 Å². The molecule has 1 aromatic carbocycles. The van der Waals surface area contributed by atoms with Crippen LogP contribution in [0.1, 0.15) is 85.2 Å². The van der Waals surface area contributed by atoms with Crippen LogP contribution in [0.4, 0.5) is 5.69 Å². The number of benzene rings is 1. The largest absolute Gasteiger partial charge is 0.348 e. The molecule has 5 nitrogen and oxygen atoms in total. The van der Waals surface area contributed by atoms with E-state index >= 15 is 0 Å². The van der Waals surface area contributed by atoms with E-state index in [1.54, 1.807) is 0 Å². The first kappa shape index (κ1) is 21.2. The molecule has 0 unspecified atom stereocenters. The summed E-state index contributed by atoms with van der Waals surface area (Å²) in [5, 5.41) is 5.94. The zero-order valence-electron chi connectivity index (χ0n) is 17.9. The van der Waals surface area contributed by atoms with Gasteiger partial charge in [-0.1, -0.05) is 38.3 Å². The number of amides is 2. The van der Waals surface area contributed by atoms with Crippen LogP contribution in [-0.2, 0) is 11.3 Å². The number of anilines is 1. The van der Waals surface area contributed by atoms with E-state index < -0.39 is 0 Å². The van der Waals surface area contributed by atoms with Gasteiger partial charge in [-0.25, -0.2) is 0 Å². The summed E-state index contributed by atoms with van der Waals surface area (Å²) in [7, 11) is 0. The summed E-state index contributed by atoms with van der Waals surface area (Å²) in [6.45, 7) is 6.57. The highest BCUT2D eigenvalue weighted by Crippen LogP contribution is 2.32. The molecular formula is C24H33N3O2. The number of rotatable bonds is 7. The van der Waals surface area contributed by atoms with Gasteiger partial charge < -0.3 is 15.2 Å². The maximum atomic E-state index is 12.8. The van der Waals surface area contributed by atoms with Gasteiger partial charge in [-0.2, -0.15) is 0 Å². The fourth-order valence-electron chi connectivity index (χ4n) is 4.40. The summed E-state index contributed by atoms with van der Waals surface area (Å²) in [6.07, 6.45) is 7.60. The van der Waals surface area contributed by atoms with Crippen LogP contribution in [0.2, 0.25) is 0 Å². The van der Waals surface area contributed by atoms with Crippen molar-refractivity contribution in [2.75, 3.05) is 5.32 Å². The van der Waals surface area contributed by atoms with Crippen molar-refractivity contribution in [3.8, 4) is 0 Å². The number of carbonyl (C=O) groups excluding carboxylic acids is 2. The van der Waals surface area contributed by atoms with Crippen molar-refractivity contribution in [2.24, 2.45) is 0 Å². The fourth-order valence-corrected chi connectivity index (χ4v) is 4.40. The minimum Gasteiger partial charge on any atom is -0.348 e. The highest BCUT2D eigenvalue weighted by Gasteiger charge is 2.22. The number of nitrogens with one attached hydrogen (secondary N) is 2. The Hall–Kier alpha value is -2.56. The van der Waals surface area contributed by atoms with Crippen LogP contribution in [0.5, 0.6) is 0 Å². The maximum absolute atomic E-state index is 12.8. The van der Waals surface area contributed by atoms with Gasteiger partial charge in [-0.15, -0.1) is 0 Å². The Morgan fingerprint density at radius 1 is 1.10 bits per heavy atom. The summed E-state index contributed by atoms with van der Waals surface area (Å²) in [4.78, 5) is 24.6. The summed E-state index contributed by atoms with van der Waals surface area (Å²) in [6, 6.07) is 10.2.